The fraction of sp³-hybridized carbons (Fsp3) is 0.188. The Morgan fingerprint density at radius 1 is 1.00 bits per heavy atom. The van der Waals surface area contributed by atoms with Crippen LogP contribution in [0.25, 0.3) is 0 Å². The highest BCUT2D eigenvalue weighted by atomic mass is 35.5. The number of nitrogens with one attached hydrogen (secondary N) is 1. The first-order chi connectivity index (χ1) is 12.3. The number of hydrogen-bond donors (Lipinski definition) is 1. The predicted molar refractivity (Wildman–Crippen MR) is 103 cm³/mol. The molecule has 26 heavy (non-hydrogen) atoms. The number of aromatic nitrogens is 4. The molecule has 10 heteroatoms. The Balaban J connectivity index is 1.67. The smallest absolute Gasteiger partial charge is 0.247 e. The number of anilines is 1. The van der Waals surface area contributed by atoms with Crippen molar-refractivity contribution in [2.24, 2.45) is 0 Å². The van der Waals surface area contributed by atoms with E-state index < -0.39 is 0 Å². The minimum Gasteiger partial charge on any atom is -0.306 e. The third-order valence-corrected chi connectivity index (χ3v) is 4.88. The molecule has 0 unspecified atom stereocenters. The maximum atomic E-state index is 12.1. The van der Waals surface area contributed by atoms with E-state index in [1.165, 1.54) is 4.68 Å². The highest BCUT2D eigenvalue weighted by Crippen LogP contribution is 2.24. The minimum absolute atomic E-state index is 0.00351. The van der Waals surface area contributed by atoms with Gasteiger partial charge in [-0.2, -0.15) is 10.2 Å². The summed E-state index contributed by atoms with van der Waals surface area (Å²) in [5.74, 6) is -0.0439. The van der Waals surface area contributed by atoms with Crippen LogP contribution in [0.1, 0.15) is 11.3 Å². The van der Waals surface area contributed by atoms with E-state index in [0.717, 1.165) is 5.56 Å². The van der Waals surface area contributed by atoms with Crippen molar-refractivity contribution in [2.75, 3.05) is 5.32 Å². The normalized spacial score (nSPS) is 11.0. The molecule has 0 aliphatic rings. The van der Waals surface area contributed by atoms with E-state index in [9.17, 15) is 4.79 Å². The zero-order chi connectivity index (χ0) is 18.8. The summed E-state index contributed by atoms with van der Waals surface area (Å²) in [6.07, 6.45) is 3.20. The Labute approximate surface area is 169 Å². The molecule has 2 heterocycles. The number of halogens is 4. The van der Waals surface area contributed by atoms with Crippen LogP contribution < -0.4 is 5.32 Å². The van der Waals surface area contributed by atoms with Crippen LogP contribution in [0.3, 0.4) is 0 Å². The molecule has 0 bridgehead atoms. The largest absolute Gasteiger partial charge is 0.306 e. The summed E-state index contributed by atoms with van der Waals surface area (Å²) in [7, 11) is 0. The first-order valence-corrected chi connectivity index (χ1v) is 8.99. The van der Waals surface area contributed by atoms with E-state index in [-0.39, 0.29) is 18.3 Å². The van der Waals surface area contributed by atoms with Crippen molar-refractivity contribution >= 4 is 58.1 Å². The van der Waals surface area contributed by atoms with Crippen molar-refractivity contribution < 1.29 is 4.79 Å². The summed E-state index contributed by atoms with van der Waals surface area (Å²) in [6, 6.07) is 5.30. The zero-order valence-corrected chi connectivity index (χ0v) is 16.5. The molecule has 1 aromatic carbocycles. The van der Waals surface area contributed by atoms with E-state index >= 15 is 0 Å². The van der Waals surface area contributed by atoms with Crippen LogP contribution in [-0.2, 0) is 17.9 Å². The molecular weight excluding hydrogens is 420 g/mol. The average Bonchev–Trinajstić information content (AvgIpc) is 3.05. The molecule has 0 saturated carbocycles. The maximum absolute atomic E-state index is 12.1. The number of rotatable bonds is 5. The van der Waals surface area contributed by atoms with Gasteiger partial charge >= 0.3 is 0 Å². The van der Waals surface area contributed by atoms with Gasteiger partial charge in [-0.3, -0.25) is 14.2 Å². The van der Waals surface area contributed by atoms with Crippen molar-refractivity contribution in [1.82, 2.24) is 19.6 Å². The molecule has 0 atom stereocenters. The standard InChI is InChI=1S/C16H13Cl4N5O/c1-9-13(19)6-25(22-9)8-15(26)21-16-14(20)7-24(23-16)5-10-2-3-11(17)12(18)4-10/h2-4,6-7H,5,8H2,1H3,(H,21,23,26). The Morgan fingerprint density at radius 2 is 1.73 bits per heavy atom. The molecule has 1 amide bonds. The van der Waals surface area contributed by atoms with Crippen molar-refractivity contribution in [3.63, 3.8) is 0 Å². The number of carbonyl (C=O) groups is 1. The minimum atomic E-state index is -0.314. The highest BCUT2D eigenvalue weighted by molar-refractivity contribution is 6.42. The monoisotopic (exact) mass is 431 g/mol. The van der Waals surface area contributed by atoms with Gasteiger partial charge in [0.05, 0.1) is 27.3 Å². The maximum Gasteiger partial charge on any atom is 0.247 e. The van der Waals surface area contributed by atoms with Crippen LogP contribution in [0.2, 0.25) is 20.1 Å². The van der Waals surface area contributed by atoms with E-state index in [4.69, 9.17) is 46.4 Å². The van der Waals surface area contributed by atoms with Crippen molar-refractivity contribution in [3.05, 3.63) is 61.9 Å². The van der Waals surface area contributed by atoms with Crippen LogP contribution >= 0.6 is 46.4 Å². The molecule has 136 valence electrons. The van der Waals surface area contributed by atoms with Crippen LogP contribution in [-0.4, -0.2) is 25.5 Å². The molecule has 2 aromatic heterocycles. The summed E-state index contributed by atoms with van der Waals surface area (Å²) in [6.45, 7) is 2.20. The number of amides is 1. The zero-order valence-electron chi connectivity index (χ0n) is 13.5. The lowest BCUT2D eigenvalue weighted by Gasteiger charge is -2.04. The summed E-state index contributed by atoms with van der Waals surface area (Å²) in [5.41, 5.74) is 1.56. The second kappa shape index (κ2) is 7.88. The van der Waals surface area contributed by atoms with Gasteiger partial charge in [-0.25, -0.2) is 0 Å². The molecular formula is C16H13Cl4N5O. The van der Waals surface area contributed by atoms with Gasteiger partial charge in [-0.1, -0.05) is 52.5 Å². The predicted octanol–water partition coefficient (Wildman–Crippen LogP) is 4.69. The quantitative estimate of drug-likeness (QED) is 0.635. The number of hydrogen-bond acceptors (Lipinski definition) is 3. The van der Waals surface area contributed by atoms with Crippen LogP contribution in [0.15, 0.2) is 30.6 Å². The topological polar surface area (TPSA) is 64.7 Å². The van der Waals surface area contributed by atoms with Gasteiger partial charge in [0.15, 0.2) is 5.82 Å². The molecule has 3 rings (SSSR count). The lowest BCUT2D eigenvalue weighted by Crippen LogP contribution is -2.19. The summed E-state index contributed by atoms with van der Waals surface area (Å²) in [5, 5.41) is 12.8. The summed E-state index contributed by atoms with van der Waals surface area (Å²) >= 11 is 24.0. The molecule has 0 spiro atoms. The molecule has 1 N–H and O–H groups in total. The van der Waals surface area contributed by atoms with Crippen molar-refractivity contribution in [3.8, 4) is 0 Å². The van der Waals surface area contributed by atoms with E-state index in [1.807, 2.05) is 6.07 Å². The number of benzene rings is 1. The summed E-state index contributed by atoms with van der Waals surface area (Å²) in [4.78, 5) is 12.1. The Morgan fingerprint density at radius 3 is 2.38 bits per heavy atom. The van der Waals surface area contributed by atoms with Gasteiger partial charge in [0, 0.05) is 12.4 Å². The Bertz CT molecular complexity index is 946. The Kier molecular flexibility index (Phi) is 5.77. The molecule has 6 nitrogen and oxygen atoms in total. The van der Waals surface area contributed by atoms with Gasteiger partial charge < -0.3 is 5.32 Å². The molecule has 0 radical (unpaired) electrons. The number of nitrogens with zero attached hydrogens (tertiary/aromatic N) is 4. The molecule has 0 fully saturated rings. The first kappa shape index (κ1) is 19.0. The fourth-order valence-electron chi connectivity index (χ4n) is 2.28. The van der Waals surface area contributed by atoms with E-state index in [0.29, 0.717) is 32.3 Å². The van der Waals surface area contributed by atoms with Gasteiger partial charge in [0.25, 0.3) is 0 Å². The van der Waals surface area contributed by atoms with Gasteiger partial charge in [0.2, 0.25) is 5.91 Å². The second-order valence-electron chi connectivity index (χ2n) is 5.58. The molecule has 3 aromatic rings. The van der Waals surface area contributed by atoms with Crippen LogP contribution in [0.4, 0.5) is 5.82 Å². The van der Waals surface area contributed by atoms with Crippen molar-refractivity contribution in [1.29, 1.82) is 0 Å². The van der Waals surface area contributed by atoms with Gasteiger partial charge in [-0.05, 0) is 24.6 Å². The second-order valence-corrected chi connectivity index (χ2v) is 7.21. The third-order valence-electron chi connectivity index (χ3n) is 3.50. The van der Waals surface area contributed by atoms with Crippen molar-refractivity contribution in [2.45, 2.75) is 20.0 Å². The lowest BCUT2D eigenvalue weighted by molar-refractivity contribution is -0.116. The SMILES string of the molecule is Cc1nn(CC(=O)Nc2nn(Cc3ccc(Cl)c(Cl)c3)cc2Cl)cc1Cl. The van der Waals surface area contributed by atoms with E-state index in [2.05, 4.69) is 15.5 Å². The van der Waals surface area contributed by atoms with Crippen LogP contribution in [0.5, 0.6) is 0 Å². The lowest BCUT2D eigenvalue weighted by atomic mass is 10.2. The Hall–Kier alpha value is -1.73. The molecule has 0 aliphatic carbocycles. The van der Waals surface area contributed by atoms with Crippen LogP contribution in [0, 0.1) is 6.92 Å². The average molecular weight is 433 g/mol. The molecule has 0 aliphatic heterocycles. The molecule has 0 saturated heterocycles. The summed E-state index contributed by atoms with van der Waals surface area (Å²) < 4.78 is 3.06. The number of aryl methyl sites for hydroxylation is 1. The fourth-order valence-corrected chi connectivity index (χ4v) is 2.95. The third kappa shape index (κ3) is 4.51. The van der Waals surface area contributed by atoms with Gasteiger partial charge in [-0.15, -0.1) is 0 Å². The highest BCUT2D eigenvalue weighted by Gasteiger charge is 2.13. The first-order valence-electron chi connectivity index (χ1n) is 7.48. The van der Waals surface area contributed by atoms with Gasteiger partial charge in [0.1, 0.15) is 11.6 Å². The van der Waals surface area contributed by atoms with E-state index in [1.54, 1.807) is 36.1 Å². The number of carbonyl (C=O) groups excluding carboxylic acids is 1.